The van der Waals surface area contributed by atoms with E-state index >= 15 is 0 Å². The van der Waals surface area contributed by atoms with E-state index in [2.05, 4.69) is 15.0 Å². The van der Waals surface area contributed by atoms with Crippen molar-refractivity contribution in [3.05, 3.63) is 75.7 Å². The van der Waals surface area contributed by atoms with Crippen molar-refractivity contribution in [2.75, 3.05) is 6.61 Å². The Kier molecular flexibility index (Phi) is 5.77. The smallest absolute Gasteiger partial charge is 0.340 e. The van der Waals surface area contributed by atoms with Gasteiger partial charge in [-0.15, -0.1) is 0 Å². The molecule has 0 saturated carbocycles. The Balaban J connectivity index is 1.45. The molecule has 6 nitrogen and oxygen atoms in total. The van der Waals surface area contributed by atoms with Crippen LogP contribution in [0.3, 0.4) is 0 Å². The van der Waals surface area contributed by atoms with Gasteiger partial charge in [-0.25, -0.2) is 14.2 Å². The number of aromatic nitrogens is 1. The fraction of sp³-hybridized carbons (Fsp3) is 0.296. The zero-order chi connectivity index (χ0) is 23.8. The topological polar surface area (TPSA) is 81.0 Å². The van der Waals surface area contributed by atoms with Gasteiger partial charge in [0.1, 0.15) is 35.3 Å². The number of hydrogen-bond donors (Lipinski definition) is 1. The van der Waals surface area contributed by atoms with Crippen molar-refractivity contribution in [2.24, 2.45) is 5.16 Å². The number of oxime groups is 1. The molecule has 5 rings (SSSR count). The fourth-order valence-corrected chi connectivity index (χ4v) is 4.72. The van der Waals surface area contributed by atoms with Crippen molar-refractivity contribution in [2.45, 2.75) is 46.0 Å². The Hall–Kier alpha value is -3.74. The van der Waals surface area contributed by atoms with E-state index in [1.54, 1.807) is 37.3 Å². The Morgan fingerprint density at radius 2 is 1.94 bits per heavy atom. The van der Waals surface area contributed by atoms with Crippen LogP contribution >= 0.6 is 0 Å². The van der Waals surface area contributed by atoms with Gasteiger partial charge in [0, 0.05) is 17.7 Å². The molecule has 7 heteroatoms. The first-order valence-electron chi connectivity index (χ1n) is 11.4. The predicted molar refractivity (Wildman–Crippen MR) is 126 cm³/mol. The average molecular weight is 461 g/mol. The van der Waals surface area contributed by atoms with Crippen LogP contribution in [0, 0.1) is 19.7 Å². The van der Waals surface area contributed by atoms with Crippen LogP contribution < -0.4 is 4.74 Å². The minimum atomic E-state index is -0.375. The van der Waals surface area contributed by atoms with Crippen molar-refractivity contribution in [1.82, 2.24) is 4.98 Å². The van der Waals surface area contributed by atoms with Gasteiger partial charge in [0.2, 0.25) is 0 Å². The van der Waals surface area contributed by atoms with E-state index in [0.29, 0.717) is 23.3 Å². The molecule has 0 spiro atoms. The zero-order valence-corrected chi connectivity index (χ0v) is 19.2. The molecule has 34 heavy (non-hydrogen) atoms. The number of aromatic hydroxyl groups is 1. The molecule has 0 amide bonds. The number of ether oxygens (including phenoxy) is 1. The van der Waals surface area contributed by atoms with Crippen LogP contribution in [0.15, 0.2) is 41.6 Å². The minimum Gasteiger partial charge on any atom is -0.506 e. The molecule has 0 radical (unpaired) electrons. The first-order valence-corrected chi connectivity index (χ1v) is 11.4. The van der Waals surface area contributed by atoms with Gasteiger partial charge in [-0.3, -0.25) is 0 Å². The van der Waals surface area contributed by atoms with E-state index in [4.69, 9.17) is 4.74 Å². The number of aryl methyl sites for hydroxylation is 2. The predicted octanol–water partition coefficient (Wildman–Crippen LogP) is 4.97. The van der Waals surface area contributed by atoms with Gasteiger partial charge >= 0.3 is 5.97 Å². The van der Waals surface area contributed by atoms with Crippen LogP contribution in [-0.2, 0) is 28.9 Å². The largest absolute Gasteiger partial charge is 0.506 e. The van der Waals surface area contributed by atoms with Crippen LogP contribution in [0.25, 0.3) is 11.3 Å². The summed E-state index contributed by atoms with van der Waals surface area (Å²) >= 11 is 0. The van der Waals surface area contributed by atoms with E-state index < -0.39 is 0 Å². The minimum absolute atomic E-state index is 0.0452. The van der Waals surface area contributed by atoms with Gasteiger partial charge in [-0.2, -0.15) is 0 Å². The first-order chi connectivity index (χ1) is 16.4. The van der Waals surface area contributed by atoms with Crippen LogP contribution in [0.4, 0.5) is 4.39 Å². The third-order valence-electron chi connectivity index (χ3n) is 6.46. The molecule has 0 atom stereocenters. The second-order valence-corrected chi connectivity index (χ2v) is 8.85. The maximum absolute atomic E-state index is 14.7. The van der Waals surface area contributed by atoms with Crippen molar-refractivity contribution in [1.29, 1.82) is 0 Å². The molecular formula is C27H25FN2O4. The number of pyridine rings is 1. The fourth-order valence-electron chi connectivity index (χ4n) is 4.72. The van der Waals surface area contributed by atoms with Crippen molar-refractivity contribution in [3.8, 4) is 22.8 Å². The number of hydrogen-bond acceptors (Lipinski definition) is 6. The lowest BCUT2D eigenvalue weighted by atomic mass is 9.93. The van der Waals surface area contributed by atoms with Gasteiger partial charge in [-0.1, -0.05) is 17.3 Å². The molecule has 2 aliphatic rings. The third-order valence-corrected chi connectivity index (χ3v) is 6.46. The molecule has 0 bridgehead atoms. The normalized spacial score (nSPS) is 14.7. The molecule has 0 fully saturated rings. The SMILES string of the molecule is Cc1cccc(-c2nc(Cc3c(C)cc(OCC4=NOC(=O)C4)c4c3CCC4)ccc2O)c1F. The third kappa shape index (κ3) is 4.14. The summed E-state index contributed by atoms with van der Waals surface area (Å²) in [4.78, 5) is 20.5. The van der Waals surface area contributed by atoms with Gasteiger partial charge in [0.25, 0.3) is 0 Å². The quantitative estimate of drug-likeness (QED) is 0.525. The average Bonchev–Trinajstić information content (AvgIpc) is 3.47. The summed E-state index contributed by atoms with van der Waals surface area (Å²) in [6, 6.07) is 10.5. The molecule has 174 valence electrons. The molecule has 1 N–H and O–H groups in total. The number of carbonyl (C=O) groups excluding carboxylic acids is 1. The van der Waals surface area contributed by atoms with Gasteiger partial charge in [-0.05, 0) is 85.2 Å². The van der Waals surface area contributed by atoms with Crippen LogP contribution in [0.2, 0.25) is 0 Å². The molecule has 1 aliphatic heterocycles. The summed E-state index contributed by atoms with van der Waals surface area (Å²) in [6.45, 7) is 3.96. The van der Waals surface area contributed by atoms with E-state index in [1.807, 2.05) is 13.0 Å². The lowest BCUT2D eigenvalue weighted by molar-refractivity contribution is -0.140. The molecule has 0 unspecified atom stereocenters. The highest BCUT2D eigenvalue weighted by molar-refractivity contribution is 6.02. The molecule has 2 heterocycles. The van der Waals surface area contributed by atoms with Crippen LogP contribution in [0.1, 0.15) is 46.4 Å². The summed E-state index contributed by atoms with van der Waals surface area (Å²) in [5.74, 6) is 0.0369. The maximum Gasteiger partial charge on any atom is 0.340 e. The monoisotopic (exact) mass is 460 g/mol. The number of rotatable bonds is 6. The van der Waals surface area contributed by atoms with E-state index in [9.17, 15) is 14.3 Å². The molecule has 0 saturated heterocycles. The summed E-state index contributed by atoms with van der Waals surface area (Å²) in [6.07, 6.45) is 3.64. The molecular weight excluding hydrogens is 435 g/mol. The Morgan fingerprint density at radius 1 is 1.12 bits per heavy atom. The van der Waals surface area contributed by atoms with E-state index in [0.717, 1.165) is 36.3 Å². The number of halogens is 1. The number of fused-ring (bicyclic) bond motifs is 1. The lowest BCUT2D eigenvalue weighted by Gasteiger charge is -2.17. The highest BCUT2D eigenvalue weighted by atomic mass is 19.1. The van der Waals surface area contributed by atoms with Crippen molar-refractivity contribution in [3.63, 3.8) is 0 Å². The van der Waals surface area contributed by atoms with Crippen molar-refractivity contribution < 1.29 is 23.9 Å². The highest BCUT2D eigenvalue weighted by Gasteiger charge is 2.24. The molecule has 2 aromatic carbocycles. The number of nitrogens with zero attached hydrogens (tertiary/aromatic N) is 2. The van der Waals surface area contributed by atoms with E-state index in [1.165, 1.54) is 16.7 Å². The molecule has 3 aromatic rings. The molecule has 1 aromatic heterocycles. The standard InChI is InChI=1S/C27H25FN2O4/c1-15-5-3-8-21(26(15)28)27-23(31)10-9-17(29-27)12-22-16(2)11-24(20-7-4-6-19(20)22)33-14-18-13-25(32)34-30-18/h3,5,8-11,31H,4,6-7,12-14H2,1-2H3. The van der Waals surface area contributed by atoms with Crippen molar-refractivity contribution >= 4 is 11.7 Å². The molecule has 1 aliphatic carbocycles. The van der Waals surface area contributed by atoms with Gasteiger partial charge in [0.15, 0.2) is 0 Å². The first kappa shape index (κ1) is 22.1. The number of benzene rings is 2. The Morgan fingerprint density at radius 3 is 2.74 bits per heavy atom. The second-order valence-electron chi connectivity index (χ2n) is 8.85. The summed E-state index contributed by atoms with van der Waals surface area (Å²) in [7, 11) is 0. The Labute approximate surface area is 197 Å². The summed E-state index contributed by atoms with van der Waals surface area (Å²) in [5, 5.41) is 14.2. The Bertz CT molecular complexity index is 1330. The zero-order valence-electron chi connectivity index (χ0n) is 19.2. The van der Waals surface area contributed by atoms with Crippen LogP contribution in [-0.4, -0.2) is 28.4 Å². The van der Waals surface area contributed by atoms with Gasteiger partial charge in [0.05, 0.1) is 6.42 Å². The second kappa shape index (κ2) is 8.89. The summed E-state index contributed by atoms with van der Waals surface area (Å²) < 4.78 is 20.8. The van der Waals surface area contributed by atoms with E-state index in [-0.39, 0.29) is 36.3 Å². The number of carbonyl (C=O) groups is 1. The van der Waals surface area contributed by atoms with Gasteiger partial charge < -0.3 is 14.7 Å². The maximum atomic E-state index is 14.7. The highest BCUT2D eigenvalue weighted by Crippen LogP contribution is 2.37. The summed E-state index contributed by atoms with van der Waals surface area (Å²) in [5.41, 5.74) is 7.10. The lowest BCUT2D eigenvalue weighted by Crippen LogP contribution is -2.12. The van der Waals surface area contributed by atoms with Crippen LogP contribution in [0.5, 0.6) is 11.5 Å².